The summed E-state index contributed by atoms with van der Waals surface area (Å²) in [5.41, 5.74) is 4.62. The van der Waals surface area contributed by atoms with Crippen LogP contribution in [0.2, 0.25) is 0 Å². The SMILES string of the molecule is Cc1sc(-c2ccccc2)nc1Cn1c2c(c3cccnc31)CCN(C(=O)CCCC(C)(C)C(=O)O)C2. The Kier molecular flexibility index (Phi) is 6.86. The summed E-state index contributed by atoms with van der Waals surface area (Å²) in [7, 11) is 0. The molecular formula is C29H32N4O3S. The van der Waals surface area contributed by atoms with E-state index in [1.165, 1.54) is 10.4 Å². The van der Waals surface area contributed by atoms with Crippen molar-refractivity contribution in [3.63, 3.8) is 0 Å². The molecule has 3 aromatic heterocycles. The van der Waals surface area contributed by atoms with Crippen molar-refractivity contribution in [2.75, 3.05) is 6.54 Å². The topological polar surface area (TPSA) is 88.3 Å². The van der Waals surface area contributed by atoms with Crippen LogP contribution in [0.15, 0.2) is 48.7 Å². The maximum atomic E-state index is 13.1. The second-order valence-electron chi connectivity index (χ2n) is 10.4. The van der Waals surface area contributed by atoms with Crippen LogP contribution in [0.3, 0.4) is 0 Å². The number of pyridine rings is 1. The number of carboxylic acid groups (broad SMARTS) is 1. The highest BCUT2D eigenvalue weighted by molar-refractivity contribution is 7.15. The minimum atomic E-state index is -0.827. The number of carbonyl (C=O) groups is 2. The Balaban J connectivity index is 1.40. The number of fused-ring (bicyclic) bond motifs is 3. The zero-order valence-electron chi connectivity index (χ0n) is 21.5. The first-order valence-corrected chi connectivity index (χ1v) is 13.5. The first-order chi connectivity index (χ1) is 17.7. The molecule has 0 radical (unpaired) electrons. The second-order valence-corrected chi connectivity index (χ2v) is 11.6. The molecule has 0 bridgehead atoms. The van der Waals surface area contributed by atoms with Crippen molar-refractivity contribution in [1.82, 2.24) is 19.4 Å². The van der Waals surface area contributed by atoms with Gasteiger partial charge in [-0.25, -0.2) is 9.97 Å². The Morgan fingerprint density at radius 3 is 2.68 bits per heavy atom. The van der Waals surface area contributed by atoms with Crippen molar-refractivity contribution in [2.45, 2.75) is 59.5 Å². The molecule has 0 saturated carbocycles. The summed E-state index contributed by atoms with van der Waals surface area (Å²) >= 11 is 1.70. The van der Waals surface area contributed by atoms with E-state index in [-0.39, 0.29) is 5.91 Å². The van der Waals surface area contributed by atoms with E-state index >= 15 is 0 Å². The lowest BCUT2D eigenvalue weighted by molar-refractivity contribution is -0.147. The first kappa shape index (κ1) is 25.1. The van der Waals surface area contributed by atoms with Gasteiger partial charge in [0.1, 0.15) is 10.7 Å². The van der Waals surface area contributed by atoms with Crippen LogP contribution in [0.1, 0.15) is 54.9 Å². The molecule has 0 atom stereocenters. The van der Waals surface area contributed by atoms with Gasteiger partial charge in [-0.3, -0.25) is 9.59 Å². The fourth-order valence-electron chi connectivity index (χ4n) is 5.02. The van der Waals surface area contributed by atoms with E-state index in [2.05, 4.69) is 29.7 Å². The number of hydrogen-bond donors (Lipinski definition) is 1. The second kappa shape index (κ2) is 10.1. The average Bonchev–Trinajstić information content (AvgIpc) is 3.42. The smallest absolute Gasteiger partial charge is 0.309 e. The third-order valence-corrected chi connectivity index (χ3v) is 8.42. The monoisotopic (exact) mass is 516 g/mol. The summed E-state index contributed by atoms with van der Waals surface area (Å²) in [4.78, 5) is 37.3. The van der Waals surface area contributed by atoms with Gasteiger partial charge in [0, 0.05) is 40.7 Å². The molecule has 1 amide bonds. The van der Waals surface area contributed by atoms with Crippen LogP contribution in [0.25, 0.3) is 21.6 Å². The van der Waals surface area contributed by atoms with Crippen LogP contribution >= 0.6 is 11.3 Å². The molecule has 7 nitrogen and oxygen atoms in total. The average molecular weight is 517 g/mol. The van der Waals surface area contributed by atoms with Crippen LogP contribution in [0.4, 0.5) is 0 Å². The van der Waals surface area contributed by atoms with Gasteiger partial charge in [-0.15, -0.1) is 11.3 Å². The van der Waals surface area contributed by atoms with Crippen LogP contribution in [0, 0.1) is 12.3 Å². The summed E-state index contributed by atoms with van der Waals surface area (Å²) < 4.78 is 2.23. The van der Waals surface area contributed by atoms with E-state index in [1.54, 1.807) is 25.2 Å². The van der Waals surface area contributed by atoms with Gasteiger partial charge in [-0.1, -0.05) is 30.3 Å². The minimum Gasteiger partial charge on any atom is -0.481 e. The van der Waals surface area contributed by atoms with E-state index in [0.29, 0.717) is 38.9 Å². The molecule has 0 aliphatic carbocycles. The molecule has 192 valence electrons. The molecule has 1 aliphatic heterocycles. The molecular weight excluding hydrogens is 484 g/mol. The number of carbonyl (C=O) groups excluding carboxylic acids is 1. The van der Waals surface area contributed by atoms with Crippen LogP contribution in [-0.2, 0) is 29.1 Å². The van der Waals surface area contributed by atoms with Crippen LogP contribution < -0.4 is 0 Å². The number of aliphatic carboxylic acids is 1. The number of carboxylic acids is 1. The summed E-state index contributed by atoms with van der Waals surface area (Å²) in [6.45, 7) is 7.33. The molecule has 37 heavy (non-hydrogen) atoms. The Morgan fingerprint density at radius 2 is 1.92 bits per heavy atom. The minimum absolute atomic E-state index is 0.0767. The highest BCUT2D eigenvalue weighted by Gasteiger charge is 2.30. The van der Waals surface area contributed by atoms with Gasteiger partial charge in [0.25, 0.3) is 0 Å². The molecule has 4 heterocycles. The van der Waals surface area contributed by atoms with Gasteiger partial charge in [0.15, 0.2) is 0 Å². The molecule has 0 fully saturated rings. The number of hydrogen-bond acceptors (Lipinski definition) is 5. The predicted molar refractivity (Wildman–Crippen MR) is 146 cm³/mol. The van der Waals surface area contributed by atoms with E-state index in [0.717, 1.165) is 39.4 Å². The molecule has 5 rings (SSSR count). The molecule has 4 aromatic rings. The Hall–Kier alpha value is -3.52. The quantitative estimate of drug-likeness (QED) is 0.325. The molecule has 0 unspecified atom stereocenters. The van der Waals surface area contributed by atoms with Gasteiger partial charge in [0.2, 0.25) is 5.91 Å². The molecule has 1 aromatic carbocycles. The molecule has 0 saturated heterocycles. The van der Waals surface area contributed by atoms with E-state index in [4.69, 9.17) is 9.97 Å². The van der Waals surface area contributed by atoms with Gasteiger partial charge >= 0.3 is 5.97 Å². The van der Waals surface area contributed by atoms with Gasteiger partial charge < -0.3 is 14.6 Å². The number of benzene rings is 1. The lowest BCUT2D eigenvalue weighted by Crippen LogP contribution is -2.36. The standard InChI is InChI=1S/C29H32N4O3S/c1-19-23(31-27(37-19)20-9-5-4-6-10-20)17-33-24-18-32(25(34)12-7-14-29(2,3)28(35)36)16-13-21(24)22-11-8-15-30-26(22)33/h4-6,8-11,15H,7,12-14,16-18H2,1-3H3,(H,35,36). The lowest BCUT2D eigenvalue weighted by atomic mass is 9.87. The van der Waals surface area contributed by atoms with Gasteiger partial charge in [-0.2, -0.15) is 0 Å². The summed E-state index contributed by atoms with van der Waals surface area (Å²) in [6.07, 6.45) is 4.00. The third-order valence-electron chi connectivity index (χ3n) is 7.36. The van der Waals surface area contributed by atoms with Crippen molar-refractivity contribution in [3.05, 3.63) is 70.5 Å². The number of rotatable bonds is 8. The Labute approximate surface area is 220 Å². The van der Waals surface area contributed by atoms with Gasteiger partial charge in [-0.05, 0) is 57.7 Å². The zero-order valence-corrected chi connectivity index (χ0v) is 22.3. The largest absolute Gasteiger partial charge is 0.481 e. The molecule has 1 N–H and O–H groups in total. The van der Waals surface area contributed by atoms with E-state index in [1.807, 2.05) is 35.4 Å². The Bertz CT molecular complexity index is 1450. The lowest BCUT2D eigenvalue weighted by Gasteiger charge is -2.29. The van der Waals surface area contributed by atoms with Crippen LogP contribution in [0.5, 0.6) is 0 Å². The van der Waals surface area contributed by atoms with E-state index in [9.17, 15) is 14.7 Å². The zero-order chi connectivity index (χ0) is 26.2. The van der Waals surface area contributed by atoms with Crippen molar-refractivity contribution < 1.29 is 14.7 Å². The van der Waals surface area contributed by atoms with Crippen LogP contribution in [-0.4, -0.2) is 43.0 Å². The van der Waals surface area contributed by atoms with Gasteiger partial charge in [0.05, 0.1) is 24.2 Å². The molecule has 0 spiro atoms. The highest BCUT2D eigenvalue weighted by Crippen LogP contribution is 2.33. The molecule has 8 heteroatoms. The molecule has 1 aliphatic rings. The number of aryl methyl sites for hydroxylation is 1. The van der Waals surface area contributed by atoms with Crippen molar-refractivity contribution in [2.24, 2.45) is 5.41 Å². The van der Waals surface area contributed by atoms with E-state index < -0.39 is 11.4 Å². The number of aromatic nitrogens is 3. The fourth-order valence-corrected chi connectivity index (χ4v) is 5.95. The maximum absolute atomic E-state index is 13.1. The summed E-state index contributed by atoms with van der Waals surface area (Å²) in [6, 6.07) is 14.3. The van der Waals surface area contributed by atoms with Crippen molar-refractivity contribution >= 4 is 34.2 Å². The predicted octanol–water partition coefficient (Wildman–Crippen LogP) is 5.68. The first-order valence-electron chi connectivity index (χ1n) is 12.7. The normalized spacial score (nSPS) is 13.6. The summed E-state index contributed by atoms with van der Waals surface area (Å²) in [5, 5.41) is 11.5. The summed E-state index contributed by atoms with van der Waals surface area (Å²) in [5.74, 6) is -0.750. The Morgan fingerprint density at radius 1 is 1.14 bits per heavy atom. The highest BCUT2D eigenvalue weighted by atomic mass is 32.1. The number of amides is 1. The fraction of sp³-hybridized carbons (Fsp3) is 0.379. The third kappa shape index (κ3) is 5.03. The maximum Gasteiger partial charge on any atom is 0.309 e. The number of thiazole rings is 1. The van der Waals surface area contributed by atoms with Crippen molar-refractivity contribution in [3.8, 4) is 10.6 Å². The van der Waals surface area contributed by atoms with Crippen molar-refractivity contribution in [1.29, 1.82) is 0 Å². The number of nitrogens with zero attached hydrogens (tertiary/aromatic N) is 4.